The van der Waals surface area contributed by atoms with E-state index in [4.69, 9.17) is 4.74 Å². The highest BCUT2D eigenvalue weighted by Gasteiger charge is 2.09. The van der Waals surface area contributed by atoms with Gasteiger partial charge in [0.2, 0.25) is 0 Å². The van der Waals surface area contributed by atoms with Crippen molar-refractivity contribution in [3.05, 3.63) is 0 Å². The molecule has 0 aromatic rings. The van der Waals surface area contributed by atoms with Crippen molar-refractivity contribution in [1.82, 2.24) is 10.6 Å². The Morgan fingerprint density at radius 1 is 0.381 bits per heavy atom. The lowest BCUT2D eigenvalue weighted by molar-refractivity contribution is -0.870. The van der Waals surface area contributed by atoms with E-state index in [2.05, 4.69) is 62.0 Å². The summed E-state index contributed by atoms with van der Waals surface area (Å²) < 4.78 is 15.1. The number of carbonyl (C=O) groups is 3. The Kier molecular flexibility index (Phi) is 62.8. The number of alkyl carbamates (subject to hydrolysis) is 2. The molecular weight excluding hydrogens is 810 g/mol. The molecule has 0 aliphatic heterocycles. The number of rotatable bonds is 43. The zero-order valence-corrected chi connectivity index (χ0v) is 44.2. The monoisotopic (exact) mass is 920 g/mol. The maximum absolute atomic E-state index is 11.5. The summed E-state index contributed by atoms with van der Waals surface area (Å²) in [7, 11) is 9.14. The predicted octanol–water partition coefficient (Wildman–Crippen LogP) is 12.8. The fourth-order valence-electron chi connectivity index (χ4n) is 7.24. The second kappa shape index (κ2) is 58.3. The van der Waals surface area contributed by atoms with Crippen molar-refractivity contribution < 1.29 is 45.5 Å². The summed E-state index contributed by atoms with van der Waals surface area (Å²) in [5.74, 6) is -0.0666. The zero-order chi connectivity index (χ0) is 46.5. The molecule has 0 aromatic carbocycles. The van der Waals surface area contributed by atoms with E-state index in [1.54, 1.807) is 0 Å². The van der Waals surface area contributed by atoms with Gasteiger partial charge in [-0.2, -0.15) is 0 Å². The van der Waals surface area contributed by atoms with Crippen LogP contribution in [0.4, 0.5) is 9.59 Å². The van der Waals surface area contributed by atoms with Crippen LogP contribution in [0.15, 0.2) is 0 Å². The zero-order valence-electron chi connectivity index (χ0n) is 43.5. The van der Waals surface area contributed by atoms with Crippen LogP contribution in [0.3, 0.4) is 0 Å². The highest BCUT2D eigenvalue weighted by Crippen LogP contribution is 2.15. The second-order valence-corrected chi connectivity index (χ2v) is 18.8. The summed E-state index contributed by atoms with van der Waals surface area (Å²) in [5.41, 5.74) is 0. The van der Waals surface area contributed by atoms with Crippen molar-refractivity contribution in [3.63, 3.8) is 0 Å². The van der Waals surface area contributed by atoms with E-state index in [0.717, 1.165) is 43.4 Å². The number of hydrogen-bond acceptors (Lipinski definition) is 6. The number of ether oxygens (including phenoxy) is 3. The van der Waals surface area contributed by atoms with Gasteiger partial charge < -0.3 is 41.7 Å². The van der Waals surface area contributed by atoms with Crippen LogP contribution in [0.25, 0.3) is 0 Å². The molecule has 2 N–H and O–H groups in total. The van der Waals surface area contributed by atoms with Crippen molar-refractivity contribution in [1.29, 1.82) is 0 Å². The van der Waals surface area contributed by atoms with Crippen LogP contribution in [0.1, 0.15) is 265 Å². The molecule has 0 spiro atoms. The predicted molar refractivity (Wildman–Crippen MR) is 267 cm³/mol. The molecule has 9 nitrogen and oxygen atoms in total. The minimum Gasteiger partial charge on any atom is -1.00 e. The minimum atomic E-state index is -0.317. The van der Waals surface area contributed by atoms with Gasteiger partial charge in [0.15, 0.2) is 0 Å². The minimum absolute atomic E-state index is 0. The first-order valence-corrected chi connectivity index (χ1v) is 26.7. The van der Waals surface area contributed by atoms with E-state index in [-0.39, 0.29) is 30.6 Å². The largest absolute Gasteiger partial charge is 1.00 e. The number of amides is 2. The van der Waals surface area contributed by atoms with Crippen LogP contribution >= 0.6 is 0 Å². The molecule has 2 amide bonds. The summed E-state index contributed by atoms with van der Waals surface area (Å²) in [5, 5.41) is 5.54. The SMILES string of the molecule is CCCCCCCCCCCCCCCC(=O)OC.CCCCCCCCCCCCCCNC(=O)OC.CCCCCCCCCCCCCCNC(=O)OCC[N+](C)(C)C.[Cl-]. The highest BCUT2D eigenvalue weighted by atomic mass is 35.5. The summed E-state index contributed by atoms with van der Waals surface area (Å²) in [4.78, 5) is 33.2. The number of halogens is 1. The molecule has 0 radical (unpaired) electrons. The lowest BCUT2D eigenvalue weighted by atomic mass is 10.0. The first-order valence-electron chi connectivity index (χ1n) is 26.7. The molecule has 0 saturated heterocycles. The summed E-state index contributed by atoms with van der Waals surface area (Å²) in [6, 6.07) is 0. The Morgan fingerprint density at radius 2 is 0.651 bits per heavy atom. The van der Waals surface area contributed by atoms with Crippen LogP contribution in [-0.4, -0.2) is 84.2 Å². The van der Waals surface area contributed by atoms with Crippen molar-refractivity contribution in [3.8, 4) is 0 Å². The maximum atomic E-state index is 11.5. The molecule has 0 fully saturated rings. The first kappa shape index (κ1) is 67.8. The number of unbranched alkanes of at least 4 members (excludes halogenated alkanes) is 34. The number of esters is 1. The molecule has 0 bridgehead atoms. The number of nitrogens with one attached hydrogen (secondary N) is 2. The van der Waals surface area contributed by atoms with E-state index >= 15 is 0 Å². The second-order valence-electron chi connectivity index (χ2n) is 18.8. The molecule has 0 aromatic heterocycles. The van der Waals surface area contributed by atoms with Crippen LogP contribution in [-0.2, 0) is 19.0 Å². The Labute approximate surface area is 399 Å². The highest BCUT2D eigenvalue weighted by molar-refractivity contribution is 5.69. The van der Waals surface area contributed by atoms with Crippen molar-refractivity contribution in [2.45, 2.75) is 265 Å². The Morgan fingerprint density at radius 3 is 0.921 bits per heavy atom. The number of nitrogens with zero attached hydrogens (tertiary/aromatic N) is 1. The van der Waals surface area contributed by atoms with E-state index < -0.39 is 0 Å². The van der Waals surface area contributed by atoms with Gasteiger partial charge in [-0.1, -0.05) is 239 Å². The Bertz CT molecular complexity index is 862. The van der Waals surface area contributed by atoms with Crippen molar-refractivity contribution in [2.75, 3.05) is 61.6 Å². The van der Waals surface area contributed by atoms with Gasteiger partial charge in [0.25, 0.3) is 0 Å². The van der Waals surface area contributed by atoms with Crippen LogP contribution in [0.2, 0.25) is 0 Å². The standard InChI is InChI=1S/C20H42N2O2.C17H34O2.C16H33NO2.ClH/c1-5-6-7-8-9-10-11-12-13-14-15-16-17-21-20(23)24-19-18-22(2,3)4;1-3-4-5-6-7-8-9-10-11-12-13-14-15-16-17(18)19-2;1-3-4-5-6-7-8-9-10-11-12-13-14-15-17-16(18)19-2;/h5-19H2,1-4H3;3-16H2,1-2H3;3-15H2,1-2H3,(H,17,18);1H. The fraction of sp³-hybridized carbons (Fsp3) is 0.943. The number of carbonyl (C=O) groups excluding carboxylic acids is 3. The van der Waals surface area contributed by atoms with Crippen LogP contribution in [0, 0.1) is 0 Å². The van der Waals surface area contributed by atoms with Crippen LogP contribution < -0.4 is 23.0 Å². The molecule has 63 heavy (non-hydrogen) atoms. The third kappa shape index (κ3) is 69.5. The summed E-state index contributed by atoms with van der Waals surface area (Å²) >= 11 is 0. The lowest BCUT2D eigenvalue weighted by Crippen LogP contribution is -3.00. The quantitative estimate of drug-likeness (QED) is 0.0273. The number of hydrogen-bond donors (Lipinski definition) is 2. The topological polar surface area (TPSA) is 103 Å². The van der Waals surface area contributed by atoms with Gasteiger partial charge in [-0.05, 0) is 19.3 Å². The Balaban J connectivity index is -0.000000415. The number of quaternary nitrogens is 1. The molecule has 0 atom stereocenters. The van der Waals surface area contributed by atoms with E-state index in [9.17, 15) is 14.4 Å². The summed E-state index contributed by atoms with van der Waals surface area (Å²) in [6.45, 7) is 9.60. The molecule has 0 saturated carbocycles. The van der Waals surface area contributed by atoms with Gasteiger partial charge in [0.05, 0.1) is 35.4 Å². The van der Waals surface area contributed by atoms with E-state index in [0.29, 0.717) is 13.0 Å². The van der Waals surface area contributed by atoms with Gasteiger partial charge in [0.1, 0.15) is 13.2 Å². The first-order chi connectivity index (χ1) is 30.1. The molecule has 0 unspecified atom stereocenters. The molecule has 10 heteroatoms. The van der Waals surface area contributed by atoms with E-state index in [1.165, 1.54) is 233 Å². The molecular formula is C53H110ClN3O6. The summed E-state index contributed by atoms with van der Waals surface area (Å²) in [6.07, 6.45) is 49.5. The van der Waals surface area contributed by atoms with Gasteiger partial charge in [-0.15, -0.1) is 0 Å². The molecule has 380 valence electrons. The molecule has 0 aliphatic rings. The number of methoxy groups -OCH3 is 2. The van der Waals surface area contributed by atoms with Gasteiger partial charge in [0, 0.05) is 19.5 Å². The van der Waals surface area contributed by atoms with Gasteiger partial charge >= 0.3 is 18.2 Å². The smallest absolute Gasteiger partial charge is 0.407 e. The van der Waals surface area contributed by atoms with E-state index in [1.807, 2.05) is 0 Å². The number of likely N-dealkylation sites (N-methyl/N-ethyl adjacent to an activating group) is 1. The lowest BCUT2D eigenvalue weighted by Gasteiger charge is -2.23. The van der Waals surface area contributed by atoms with Crippen LogP contribution in [0.5, 0.6) is 0 Å². The average molecular weight is 921 g/mol. The van der Waals surface area contributed by atoms with Crippen molar-refractivity contribution in [2.24, 2.45) is 0 Å². The third-order valence-electron chi connectivity index (χ3n) is 11.5. The average Bonchev–Trinajstić information content (AvgIpc) is 3.25. The molecule has 0 heterocycles. The van der Waals surface area contributed by atoms with Gasteiger partial charge in [-0.25, -0.2) is 9.59 Å². The Hall–Kier alpha value is -1.74. The van der Waals surface area contributed by atoms with Gasteiger partial charge in [-0.3, -0.25) is 4.79 Å². The fourth-order valence-corrected chi connectivity index (χ4v) is 7.24. The molecule has 0 aliphatic carbocycles. The van der Waals surface area contributed by atoms with Crippen molar-refractivity contribution >= 4 is 18.2 Å². The maximum Gasteiger partial charge on any atom is 0.407 e. The third-order valence-corrected chi connectivity index (χ3v) is 11.5. The normalized spacial score (nSPS) is 10.7. The molecule has 0 rings (SSSR count).